The van der Waals surface area contributed by atoms with E-state index in [-0.39, 0.29) is 0 Å². The number of nitrogens with one attached hydrogen (secondary N) is 2. The SMILES string of the molecule is CCNC(=NCc1ccc(C)cc1OCCOC)NCc1nncn1-c1ccccc1. The van der Waals surface area contributed by atoms with Gasteiger partial charge >= 0.3 is 0 Å². The van der Waals surface area contributed by atoms with Gasteiger partial charge in [0.2, 0.25) is 0 Å². The van der Waals surface area contributed by atoms with Crippen molar-refractivity contribution >= 4 is 5.96 Å². The summed E-state index contributed by atoms with van der Waals surface area (Å²) >= 11 is 0. The first kappa shape index (κ1) is 22.3. The van der Waals surface area contributed by atoms with Gasteiger partial charge in [-0.05, 0) is 37.6 Å². The van der Waals surface area contributed by atoms with Crippen molar-refractivity contribution in [2.45, 2.75) is 26.9 Å². The van der Waals surface area contributed by atoms with E-state index in [4.69, 9.17) is 14.5 Å². The Morgan fingerprint density at radius 1 is 1.10 bits per heavy atom. The number of guanidine groups is 1. The Morgan fingerprint density at radius 2 is 1.94 bits per heavy atom. The average molecular weight is 423 g/mol. The van der Waals surface area contributed by atoms with Crippen LogP contribution in [-0.4, -0.2) is 47.6 Å². The first-order chi connectivity index (χ1) is 15.2. The number of ether oxygens (including phenoxy) is 2. The fourth-order valence-corrected chi connectivity index (χ4v) is 3.01. The summed E-state index contributed by atoms with van der Waals surface area (Å²) in [6, 6.07) is 16.2. The van der Waals surface area contributed by atoms with Crippen molar-refractivity contribution in [3.63, 3.8) is 0 Å². The zero-order chi connectivity index (χ0) is 21.9. The molecule has 0 bridgehead atoms. The van der Waals surface area contributed by atoms with E-state index in [1.54, 1.807) is 13.4 Å². The van der Waals surface area contributed by atoms with Gasteiger partial charge in [0.15, 0.2) is 11.8 Å². The highest BCUT2D eigenvalue weighted by atomic mass is 16.5. The van der Waals surface area contributed by atoms with Crippen molar-refractivity contribution in [2.75, 3.05) is 26.9 Å². The van der Waals surface area contributed by atoms with Gasteiger partial charge in [0.05, 0.1) is 19.7 Å². The second-order valence-corrected chi connectivity index (χ2v) is 6.95. The predicted octanol–water partition coefficient (Wildman–Crippen LogP) is 2.86. The third-order valence-electron chi connectivity index (χ3n) is 4.59. The molecule has 2 N–H and O–H groups in total. The second kappa shape index (κ2) is 11.7. The summed E-state index contributed by atoms with van der Waals surface area (Å²) in [7, 11) is 1.66. The number of rotatable bonds is 10. The maximum Gasteiger partial charge on any atom is 0.191 e. The molecule has 0 unspecified atom stereocenters. The van der Waals surface area contributed by atoms with E-state index in [1.165, 1.54) is 0 Å². The molecule has 0 atom stereocenters. The minimum atomic E-state index is 0.489. The smallest absolute Gasteiger partial charge is 0.191 e. The molecular weight excluding hydrogens is 392 g/mol. The zero-order valence-electron chi connectivity index (χ0n) is 18.3. The summed E-state index contributed by atoms with van der Waals surface area (Å²) < 4.78 is 12.9. The lowest BCUT2D eigenvalue weighted by molar-refractivity contribution is 0.145. The lowest BCUT2D eigenvalue weighted by Gasteiger charge is -2.14. The molecule has 1 aromatic heterocycles. The highest BCUT2D eigenvalue weighted by molar-refractivity contribution is 5.79. The first-order valence-corrected chi connectivity index (χ1v) is 10.4. The lowest BCUT2D eigenvalue weighted by atomic mass is 10.1. The largest absolute Gasteiger partial charge is 0.491 e. The van der Waals surface area contributed by atoms with Crippen LogP contribution in [0.2, 0.25) is 0 Å². The third kappa shape index (κ3) is 6.55. The minimum Gasteiger partial charge on any atom is -0.491 e. The normalized spacial score (nSPS) is 11.4. The predicted molar refractivity (Wildman–Crippen MR) is 122 cm³/mol. The summed E-state index contributed by atoms with van der Waals surface area (Å²) in [5.41, 5.74) is 3.18. The quantitative estimate of drug-likeness (QED) is 0.297. The summed E-state index contributed by atoms with van der Waals surface area (Å²) in [5, 5.41) is 14.9. The first-order valence-electron chi connectivity index (χ1n) is 10.4. The van der Waals surface area contributed by atoms with E-state index in [0.717, 1.165) is 34.9 Å². The minimum absolute atomic E-state index is 0.489. The summed E-state index contributed by atoms with van der Waals surface area (Å²) in [6.07, 6.45) is 1.71. The Morgan fingerprint density at radius 3 is 2.71 bits per heavy atom. The molecule has 0 fully saturated rings. The molecular formula is C23H30N6O2. The van der Waals surface area contributed by atoms with Gasteiger partial charge in [0, 0.05) is 24.9 Å². The van der Waals surface area contributed by atoms with Crippen LogP contribution in [0.4, 0.5) is 0 Å². The number of hydrogen-bond donors (Lipinski definition) is 2. The standard InChI is InChI=1S/C23H30N6O2/c1-4-24-23(25-15-19-11-10-18(2)14-21(19)31-13-12-30-3)26-16-22-28-27-17-29(22)20-8-6-5-7-9-20/h5-11,14,17H,4,12-13,15-16H2,1-3H3,(H2,24,25,26). The average Bonchev–Trinajstić information content (AvgIpc) is 3.26. The number of methoxy groups -OCH3 is 1. The third-order valence-corrected chi connectivity index (χ3v) is 4.59. The molecule has 0 radical (unpaired) electrons. The van der Waals surface area contributed by atoms with Gasteiger partial charge in [0.25, 0.3) is 0 Å². The number of benzene rings is 2. The molecule has 0 saturated carbocycles. The van der Waals surface area contributed by atoms with Crippen LogP contribution < -0.4 is 15.4 Å². The Labute approximate surface area is 183 Å². The van der Waals surface area contributed by atoms with Gasteiger partial charge in [-0.15, -0.1) is 10.2 Å². The zero-order valence-corrected chi connectivity index (χ0v) is 18.3. The van der Waals surface area contributed by atoms with Crippen LogP contribution in [0.1, 0.15) is 23.9 Å². The molecule has 3 aromatic rings. The second-order valence-electron chi connectivity index (χ2n) is 6.95. The van der Waals surface area contributed by atoms with Crippen molar-refractivity contribution in [1.29, 1.82) is 0 Å². The Bertz CT molecular complexity index is 971. The van der Waals surface area contributed by atoms with Gasteiger partial charge in [-0.1, -0.05) is 30.3 Å². The van der Waals surface area contributed by atoms with Crippen molar-refractivity contribution in [3.8, 4) is 11.4 Å². The molecule has 0 aliphatic heterocycles. The molecule has 0 amide bonds. The van der Waals surface area contributed by atoms with Gasteiger partial charge in [-0.3, -0.25) is 4.57 Å². The van der Waals surface area contributed by atoms with Gasteiger partial charge in [-0.2, -0.15) is 0 Å². The molecule has 164 valence electrons. The monoisotopic (exact) mass is 422 g/mol. The van der Waals surface area contributed by atoms with Crippen molar-refractivity contribution in [1.82, 2.24) is 25.4 Å². The molecule has 0 aliphatic rings. The number of aliphatic imine (C=N–C) groups is 1. The maximum atomic E-state index is 5.88. The fourth-order valence-electron chi connectivity index (χ4n) is 3.01. The number of para-hydroxylation sites is 1. The molecule has 8 nitrogen and oxygen atoms in total. The van der Waals surface area contributed by atoms with Crippen molar-refractivity contribution < 1.29 is 9.47 Å². The molecule has 3 rings (SSSR count). The topological polar surface area (TPSA) is 85.6 Å². The van der Waals surface area contributed by atoms with Gasteiger partial charge < -0.3 is 20.1 Å². The molecule has 1 heterocycles. The van der Waals surface area contributed by atoms with E-state index in [1.807, 2.05) is 54.8 Å². The van der Waals surface area contributed by atoms with Crippen LogP contribution in [0, 0.1) is 6.92 Å². The lowest BCUT2D eigenvalue weighted by Crippen LogP contribution is -2.37. The van der Waals surface area contributed by atoms with E-state index in [0.29, 0.717) is 32.3 Å². The van der Waals surface area contributed by atoms with Crippen LogP contribution in [0.15, 0.2) is 59.9 Å². The molecule has 8 heteroatoms. The van der Waals surface area contributed by atoms with E-state index in [2.05, 4.69) is 33.0 Å². The summed E-state index contributed by atoms with van der Waals surface area (Å²) in [5.74, 6) is 2.34. The Kier molecular flexibility index (Phi) is 8.42. The molecule has 0 spiro atoms. The van der Waals surface area contributed by atoms with Crippen LogP contribution in [0.25, 0.3) is 5.69 Å². The molecule has 31 heavy (non-hydrogen) atoms. The molecule has 0 saturated heterocycles. The van der Waals surface area contributed by atoms with E-state index < -0.39 is 0 Å². The van der Waals surface area contributed by atoms with Crippen molar-refractivity contribution in [3.05, 3.63) is 71.8 Å². The fraction of sp³-hybridized carbons (Fsp3) is 0.348. The number of nitrogens with zero attached hydrogens (tertiary/aromatic N) is 4. The Hall–Kier alpha value is -3.39. The summed E-state index contributed by atoms with van der Waals surface area (Å²) in [6.45, 7) is 6.87. The van der Waals surface area contributed by atoms with Gasteiger partial charge in [0.1, 0.15) is 18.7 Å². The van der Waals surface area contributed by atoms with E-state index in [9.17, 15) is 0 Å². The van der Waals surface area contributed by atoms with Gasteiger partial charge in [-0.25, -0.2) is 4.99 Å². The van der Waals surface area contributed by atoms with Crippen LogP contribution in [0.3, 0.4) is 0 Å². The molecule has 0 aliphatic carbocycles. The van der Waals surface area contributed by atoms with Crippen LogP contribution in [0.5, 0.6) is 5.75 Å². The highest BCUT2D eigenvalue weighted by Gasteiger charge is 2.08. The van der Waals surface area contributed by atoms with Crippen LogP contribution in [-0.2, 0) is 17.8 Å². The highest BCUT2D eigenvalue weighted by Crippen LogP contribution is 2.21. The number of aromatic nitrogens is 3. The Balaban J connectivity index is 1.69. The molecule has 2 aromatic carbocycles. The van der Waals surface area contributed by atoms with E-state index >= 15 is 0 Å². The van der Waals surface area contributed by atoms with Crippen LogP contribution >= 0.6 is 0 Å². The summed E-state index contributed by atoms with van der Waals surface area (Å²) in [4.78, 5) is 4.73. The number of hydrogen-bond acceptors (Lipinski definition) is 5. The maximum absolute atomic E-state index is 5.88. The van der Waals surface area contributed by atoms with Crippen molar-refractivity contribution in [2.24, 2.45) is 4.99 Å². The number of aryl methyl sites for hydroxylation is 1.